The van der Waals surface area contributed by atoms with Crippen molar-refractivity contribution in [1.82, 2.24) is 10.6 Å². The van der Waals surface area contributed by atoms with Crippen LogP contribution in [-0.2, 0) is 11.3 Å². The van der Waals surface area contributed by atoms with E-state index in [-0.39, 0.29) is 17.7 Å². The molecule has 1 fully saturated rings. The fraction of sp³-hybridized carbons (Fsp3) is 0.562. The standard InChI is InChI=1S/C16H24N2O2/c1-12(16(20)18-14-5-3-2-4-6-14)17-11-13-7-9-15(19)10-8-13/h7-10,12,14,17,19H,2-6,11H2,1H3,(H,18,20). The van der Waals surface area contributed by atoms with Gasteiger partial charge in [-0.1, -0.05) is 31.4 Å². The van der Waals surface area contributed by atoms with Gasteiger partial charge in [-0.25, -0.2) is 0 Å². The van der Waals surface area contributed by atoms with E-state index in [0.29, 0.717) is 12.6 Å². The number of phenolic OH excluding ortho intramolecular Hbond substituents is 1. The van der Waals surface area contributed by atoms with Gasteiger partial charge in [0.2, 0.25) is 5.91 Å². The quantitative estimate of drug-likeness (QED) is 0.773. The van der Waals surface area contributed by atoms with Crippen LogP contribution >= 0.6 is 0 Å². The molecule has 2 rings (SSSR count). The molecule has 1 amide bonds. The highest BCUT2D eigenvalue weighted by Gasteiger charge is 2.19. The monoisotopic (exact) mass is 276 g/mol. The summed E-state index contributed by atoms with van der Waals surface area (Å²) in [7, 11) is 0. The normalized spacial score (nSPS) is 17.6. The summed E-state index contributed by atoms with van der Waals surface area (Å²) in [4.78, 5) is 12.1. The van der Waals surface area contributed by atoms with E-state index in [1.54, 1.807) is 12.1 Å². The van der Waals surface area contributed by atoms with Crippen LogP contribution in [0.5, 0.6) is 5.75 Å². The van der Waals surface area contributed by atoms with Crippen molar-refractivity contribution in [3.63, 3.8) is 0 Å². The smallest absolute Gasteiger partial charge is 0.237 e. The van der Waals surface area contributed by atoms with E-state index >= 15 is 0 Å². The van der Waals surface area contributed by atoms with Crippen molar-refractivity contribution < 1.29 is 9.90 Å². The van der Waals surface area contributed by atoms with Crippen molar-refractivity contribution in [2.75, 3.05) is 0 Å². The van der Waals surface area contributed by atoms with Crippen molar-refractivity contribution in [2.45, 2.75) is 57.7 Å². The number of hydrogen-bond acceptors (Lipinski definition) is 3. The number of carbonyl (C=O) groups is 1. The fourth-order valence-electron chi connectivity index (χ4n) is 2.55. The zero-order valence-electron chi connectivity index (χ0n) is 12.1. The molecule has 0 bridgehead atoms. The number of aromatic hydroxyl groups is 1. The molecule has 20 heavy (non-hydrogen) atoms. The molecular formula is C16H24N2O2. The Bertz CT molecular complexity index is 425. The summed E-state index contributed by atoms with van der Waals surface area (Å²) in [5, 5.41) is 15.6. The van der Waals surface area contributed by atoms with E-state index in [4.69, 9.17) is 0 Å². The average Bonchev–Trinajstić information content (AvgIpc) is 2.47. The third-order valence-electron chi connectivity index (χ3n) is 3.89. The van der Waals surface area contributed by atoms with Gasteiger partial charge in [0.25, 0.3) is 0 Å². The van der Waals surface area contributed by atoms with E-state index < -0.39 is 0 Å². The van der Waals surface area contributed by atoms with Crippen molar-refractivity contribution >= 4 is 5.91 Å². The molecular weight excluding hydrogens is 252 g/mol. The Kier molecular flexibility index (Phi) is 5.41. The average molecular weight is 276 g/mol. The molecule has 3 N–H and O–H groups in total. The maximum Gasteiger partial charge on any atom is 0.237 e. The van der Waals surface area contributed by atoms with Crippen LogP contribution in [0.4, 0.5) is 0 Å². The molecule has 0 aromatic heterocycles. The molecule has 0 aliphatic heterocycles. The van der Waals surface area contributed by atoms with Crippen molar-refractivity contribution in [1.29, 1.82) is 0 Å². The molecule has 1 saturated carbocycles. The molecule has 4 nitrogen and oxygen atoms in total. The van der Waals surface area contributed by atoms with Gasteiger partial charge in [-0.05, 0) is 37.5 Å². The molecule has 0 saturated heterocycles. The van der Waals surface area contributed by atoms with Gasteiger partial charge in [0, 0.05) is 12.6 Å². The minimum Gasteiger partial charge on any atom is -0.508 e. The van der Waals surface area contributed by atoms with Crippen LogP contribution < -0.4 is 10.6 Å². The molecule has 0 spiro atoms. The maximum absolute atomic E-state index is 12.1. The zero-order chi connectivity index (χ0) is 14.4. The Hall–Kier alpha value is -1.55. The van der Waals surface area contributed by atoms with Crippen LogP contribution in [0.15, 0.2) is 24.3 Å². The van der Waals surface area contributed by atoms with Crippen LogP contribution in [0.1, 0.15) is 44.6 Å². The number of hydrogen-bond donors (Lipinski definition) is 3. The maximum atomic E-state index is 12.1. The fourth-order valence-corrected chi connectivity index (χ4v) is 2.55. The minimum atomic E-state index is -0.203. The summed E-state index contributed by atoms with van der Waals surface area (Å²) in [6, 6.07) is 7.18. The first kappa shape index (κ1) is 14.9. The number of amides is 1. The van der Waals surface area contributed by atoms with Gasteiger partial charge in [0.05, 0.1) is 6.04 Å². The van der Waals surface area contributed by atoms with Crippen LogP contribution in [0, 0.1) is 0 Å². The highest BCUT2D eigenvalue weighted by Crippen LogP contribution is 2.17. The van der Waals surface area contributed by atoms with E-state index in [0.717, 1.165) is 18.4 Å². The Morgan fingerprint density at radius 3 is 2.55 bits per heavy atom. The molecule has 0 radical (unpaired) electrons. The lowest BCUT2D eigenvalue weighted by Gasteiger charge is -2.24. The summed E-state index contributed by atoms with van der Waals surface area (Å²) < 4.78 is 0. The molecule has 4 heteroatoms. The highest BCUT2D eigenvalue weighted by molar-refractivity contribution is 5.81. The first-order valence-corrected chi connectivity index (χ1v) is 7.47. The molecule has 110 valence electrons. The van der Waals surface area contributed by atoms with E-state index in [1.807, 2.05) is 19.1 Å². The summed E-state index contributed by atoms with van der Waals surface area (Å²) in [6.07, 6.45) is 5.95. The van der Waals surface area contributed by atoms with Gasteiger partial charge >= 0.3 is 0 Å². The first-order chi connectivity index (χ1) is 9.65. The van der Waals surface area contributed by atoms with Crippen molar-refractivity contribution in [3.8, 4) is 5.75 Å². The lowest BCUT2D eigenvalue weighted by Crippen LogP contribution is -2.46. The number of carbonyl (C=O) groups excluding carboxylic acids is 1. The highest BCUT2D eigenvalue weighted by atomic mass is 16.3. The molecule has 1 aromatic rings. The van der Waals surface area contributed by atoms with E-state index in [2.05, 4.69) is 10.6 Å². The van der Waals surface area contributed by atoms with Crippen molar-refractivity contribution in [3.05, 3.63) is 29.8 Å². The van der Waals surface area contributed by atoms with Gasteiger partial charge in [0.1, 0.15) is 5.75 Å². The topological polar surface area (TPSA) is 61.4 Å². The van der Waals surface area contributed by atoms with Crippen LogP contribution in [0.2, 0.25) is 0 Å². The second kappa shape index (κ2) is 7.29. The van der Waals surface area contributed by atoms with E-state index in [9.17, 15) is 9.90 Å². The molecule has 1 aliphatic rings. The number of benzene rings is 1. The third-order valence-corrected chi connectivity index (χ3v) is 3.89. The Balaban J connectivity index is 1.74. The minimum absolute atomic E-state index is 0.0793. The molecule has 1 unspecified atom stereocenters. The summed E-state index contributed by atoms with van der Waals surface area (Å²) in [6.45, 7) is 2.51. The van der Waals surface area contributed by atoms with Crippen LogP contribution in [-0.4, -0.2) is 23.1 Å². The predicted molar refractivity (Wildman–Crippen MR) is 79.4 cm³/mol. The molecule has 1 aliphatic carbocycles. The molecule has 1 atom stereocenters. The van der Waals surface area contributed by atoms with Gasteiger partial charge in [0.15, 0.2) is 0 Å². The Morgan fingerprint density at radius 1 is 1.25 bits per heavy atom. The van der Waals surface area contributed by atoms with E-state index in [1.165, 1.54) is 19.3 Å². The molecule has 1 aromatic carbocycles. The van der Waals surface area contributed by atoms with Crippen molar-refractivity contribution in [2.24, 2.45) is 0 Å². The second-order valence-electron chi connectivity index (χ2n) is 5.61. The SMILES string of the molecule is CC(NCc1ccc(O)cc1)C(=O)NC1CCCCC1. The molecule has 0 heterocycles. The summed E-state index contributed by atoms with van der Waals surface area (Å²) in [5.74, 6) is 0.340. The van der Waals surface area contributed by atoms with Crippen LogP contribution in [0.25, 0.3) is 0 Å². The lowest BCUT2D eigenvalue weighted by molar-refractivity contribution is -0.123. The van der Waals surface area contributed by atoms with Gasteiger partial charge < -0.3 is 15.7 Å². The summed E-state index contributed by atoms with van der Waals surface area (Å²) in [5.41, 5.74) is 1.06. The predicted octanol–water partition coefficient (Wildman–Crippen LogP) is 2.32. The van der Waals surface area contributed by atoms with Gasteiger partial charge in [-0.2, -0.15) is 0 Å². The number of phenols is 1. The lowest BCUT2D eigenvalue weighted by atomic mass is 9.95. The third kappa shape index (κ3) is 4.53. The zero-order valence-corrected chi connectivity index (χ0v) is 12.1. The Labute approximate surface area is 120 Å². The van der Waals surface area contributed by atoms with Crippen LogP contribution in [0.3, 0.4) is 0 Å². The summed E-state index contributed by atoms with van der Waals surface area (Å²) >= 11 is 0. The number of rotatable bonds is 5. The van der Waals surface area contributed by atoms with Gasteiger partial charge in [-0.15, -0.1) is 0 Å². The number of nitrogens with one attached hydrogen (secondary N) is 2. The van der Waals surface area contributed by atoms with Gasteiger partial charge in [-0.3, -0.25) is 4.79 Å². The largest absolute Gasteiger partial charge is 0.508 e. The second-order valence-corrected chi connectivity index (χ2v) is 5.61. The Morgan fingerprint density at radius 2 is 1.90 bits per heavy atom. The first-order valence-electron chi connectivity index (χ1n) is 7.47.